The molecule has 0 heterocycles. The highest BCUT2D eigenvalue weighted by Crippen LogP contribution is 2.45. The lowest BCUT2D eigenvalue weighted by atomic mass is 9.84. The Hall–Kier alpha value is -6.24. The summed E-state index contributed by atoms with van der Waals surface area (Å²) in [5, 5.41) is 15.3. The lowest BCUT2D eigenvalue weighted by molar-refractivity contribution is 1.64. The molecule has 0 bridgehead atoms. The van der Waals surface area contributed by atoms with Gasteiger partial charge in [0, 0.05) is 0 Å². The van der Waals surface area contributed by atoms with Gasteiger partial charge in [-0.2, -0.15) is 0 Å². The number of hydrogen-bond acceptors (Lipinski definition) is 0. The van der Waals surface area contributed by atoms with Crippen molar-refractivity contribution in [1.82, 2.24) is 0 Å². The van der Waals surface area contributed by atoms with Crippen molar-refractivity contribution in [3.8, 4) is 33.4 Å². The molecule has 0 aliphatic carbocycles. The van der Waals surface area contributed by atoms with Crippen molar-refractivity contribution in [3.05, 3.63) is 182 Å². The van der Waals surface area contributed by atoms with E-state index >= 15 is 0 Å². The molecule has 0 saturated heterocycles. The van der Waals surface area contributed by atoms with E-state index in [0.29, 0.717) is 0 Å². The van der Waals surface area contributed by atoms with E-state index in [4.69, 9.17) is 0 Å². The molecule has 0 saturated carbocycles. The maximum absolute atomic E-state index is 2.39. The molecular weight excluding hydrogens is 577 g/mol. The van der Waals surface area contributed by atoms with Crippen LogP contribution in [0.1, 0.15) is 0 Å². The highest BCUT2D eigenvalue weighted by molar-refractivity contribution is 6.22. The first kappa shape index (κ1) is 26.9. The second kappa shape index (κ2) is 10.7. The summed E-state index contributed by atoms with van der Waals surface area (Å²) in [6.45, 7) is 0. The van der Waals surface area contributed by atoms with Crippen LogP contribution >= 0.6 is 0 Å². The van der Waals surface area contributed by atoms with Crippen LogP contribution in [0, 0.1) is 0 Å². The van der Waals surface area contributed by atoms with E-state index in [2.05, 4.69) is 182 Å². The van der Waals surface area contributed by atoms with Gasteiger partial charge in [0.2, 0.25) is 0 Å². The first-order valence-corrected chi connectivity index (χ1v) is 16.7. The third-order valence-corrected chi connectivity index (χ3v) is 10.2. The molecule has 0 aliphatic rings. The van der Waals surface area contributed by atoms with Crippen molar-refractivity contribution in [3.63, 3.8) is 0 Å². The predicted octanol–water partition coefficient (Wildman–Crippen LogP) is 13.6. The number of rotatable bonds is 3. The molecule has 48 heavy (non-hydrogen) atoms. The van der Waals surface area contributed by atoms with Crippen LogP contribution < -0.4 is 0 Å². The molecule has 0 N–H and O–H groups in total. The zero-order valence-corrected chi connectivity index (χ0v) is 26.3. The Morgan fingerprint density at radius 3 is 1.31 bits per heavy atom. The summed E-state index contributed by atoms with van der Waals surface area (Å²) in [5.74, 6) is 0. The zero-order chi connectivity index (χ0) is 31.6. The third kappa shape index (κ3) is 4.10. The largest absolute Gasteiger partial charge is 0.0616 e. The first-order chi connectivity index (χ1) is 23.8. The molecule has 0 atom stereocenters. The quantitative estimate of drug-likeness (QED) is 0.139. The molecule has 0 heteroatoms. The van der Waals surface area contributed by atoms with Gasteiger partial charge in [0.1, 0.15) is 0 Å². The average Bonchev–Trinajstić information content (AvgIpc) is 3.16. The zero-order valence-electron chi connectivity index (χ0n) is 26.3. The van der Waals surface area contributed by atoms with Gasteiger partial charge in [0.15, 0.2) is 0 Å². The third-order valence-electron chi connectivity index (χ3n) is 10.2. The molecule has 10 aromatic carbocycles. The molecule has 0 aliphatic heterocycles. The molecule has 0 nitrogen and oxygen atoms in total. The molecule has 10 rings (SSSR count). The fourth-order valence-corrected chi connectivity index (χ4v) is 8.05. The summed E-state index contributed by atoms with van der Waals surface area (Å²) in [5.41, 5.74) is 7.53. The van der Waals surface area contributed by atoms with Crippen LogP contribution in [0.25, 0.3) is 98.0 Å². The summed E-state index contributed by atoms with van der Waals surface area (Å²) in [6, 6.07) is 67.1. The molecule has 0 fully saturated rings. The van der Waals surface area contributed by atoms with E-state index < -0.39 is 0 Å². The van der Waals surface area contributed by atoms with E-state index in [0.717, 1.165) is 0 Å². The van der Waals surface area contributed by atoms with Crippen LogP contribution in [-0.2, 0) is 0 Å². The minimum absolute atomic E-state index is 1.23. The summed E-state index contributed by atoms with van der Waals surface area (Å²) in [4.78, 5) is 0. The van der Waals surface area contributed by atoms with E-state index in [1.54, 1.807) is 0 Å². The van der Waals surface area contributed by atoms with E-state index in [9.17, 15) is 0 Å². The predicted molar refractivity (Wildman–Crippen MR) is 208 cm³/mol. The van der Waals surface area contributed by atoms with Gasteiger partial charge in [0.25, 0.3) is 0 Å². The van der Waals surface area contributed by atoms with E-state index in [1.807, 2.05) is 0 Å². The summed E-state index contributed by atoms with van der Waals surface area (Å²) < 4.78 is 0. The lowest BCUT2D eigenvalue weighted by Gasteiger charge is -2.19. The van der Waals surface area contributed by atoms with Gasteiger partial charge in [-0.1, -0.05) is 170 Å². The average molecular weight is 607 g/mol. The van der Waals surface area contributed by atoms with E-state index in [-0.39, 0.29) is 0 Å². The van der Waals surface area contributed by atoms with Crippen molar-refractivity contribution >= 4 is 64.6 Å². The fourth-order valence-electron chi connectivity index (χ4n) is 8.05. The Balaban J connectivity index is 1.21. The second-order valence-electron chi connectivity index (χ2n) is 12.8. The first-order valence-electron chi connectivity index (χ1n) is 16.7. The molecule has 0 aromatic heterocycles. The lowest BCUT2D eigenvalue weighted by Crippen LogP contribution is -1.91. The Kier molecular flexibility index (Phi) is 5.98. The fraction of sp³-hybridized carbons (Fsp3) is 0. The van der Waals surface area contributed by atoms with Crippen LogP contribution in [0.5, 0.6) is 0 Å². The van der Waals surface area contributed by atoms with Crippen LogP contribution in [0.3, 0.4) is 0 Å². The standard InChI is InChI=1S/C48H30/c1-3-15-37-31(11-1)23-24-34-30-36(26-27-40(34)37)48-45-19-7-5-17-43(45)47(44-18-6-8-20-46(44)48)35-14-9-13-33(29-35)39-21-10-22-41-38-16-4-2-12-32(38)25-28-42(39)41/h1-30H. The molecule has 0 spiro atoms. The molecule has 0 amide bonds. The molecule has 0 radical (unpaired) electrons. The Morgan fingerprint density at radius 2 is 0.646 bits per heavy atom. The van der Waals surface area contributed by atoms with Crippen molar-refractivity contribution in [2.75, 3.05) is 0 Å². The maximum atomic E-state index is 2.39. The van der Waals surface area contributed by atoms with Gasteiger partial charge in [-0.25, -0.2) is 0 Å². The van der Waals surface area contributed by atoms with Crippen molar-refractivity contribution in [2.45, 2.75) is 0 Å². The van der Waals surface area contributed by atoms with Gasteiger partial charge < -0.3 is 0 Å². The van der Waals surface area contributed by atoms with E-state index in [1.165, 1.54) is 98.0 Å². The highest BCUT2D eigenvalue weighted by atomic mass is 14.2. The van der Waals surface area contributed by atoms with Gasteiger partial charge >= 0.3 is 0 Å². The Labute approximate surface area is 279 Å². The summed E-state index contributed by atoms with van der Waals surface area (Å²) >= 11 is 0. The minimum atomic E-state index is 1.23. The van der Waals surface area contributed by atoms with Crippen LogP contribution in [0.4, 0.5) is 0 Å². The van der Waals surface area contributed by atoms with Crippen LogP contribution in [0.2, 0.25) is 0 Å². The molecule has 0 unspecified atom stereocenters. The highest BCUT2D eigenvalue weighted by Gasteiger charge is 2.18. The Morgan fingerprint density at radius 1 is 0.208 bits per heavy atom. The number of hydrogen-bond donors (Lipinski definition) is 0. The number of benzene rings is 10. The van der Waals surface area contributed by atoms with Gasteiger partial charge in [0.05, 0.1) is 0 Å². The summed E-state index contributed by atoms with van der Waals surface area (Å²) in [6.07, 6.45) is 0. The van der Waals surface area contributed by atoms with Crippen molar-refractivity contribution in [2.24, 2.45) is 0 Å². The normalized spacial score (nSPS) is 11.8. The van der Waals surface area contributed by atoms with Gasteiger partial charge in [-0.3, -0.25) is 0 Å². The molecule has 222 valence electrons. The van der Waals surface area contributed by atoms with Crippen molar-refractivity contribution < 1.29 is 0 Å². The second-order valence-corrected chi connectivity index (χ2v) is 12.8. The minimum Gasteiger partial charge on any atom is -0.0616 e. The van der Waals surface area contributed by atoms with Crippen LogP contribution in [0.15, 0.2) is 182 Å². The Bertz CT molecular complexity index is 2830. The molecule has 10 aromatic rings. The topological polar surface area (TPSA) is 0 Å². The molecular formula is C48H30. The SMILES string of the molecule is c1cc(-c2c3ccccc3c(-c3ccc4c(ccc5ccccc54)c3)c3ccccc23)cc(-c2cccc3c2ccc2ccccc23)c1. The number of fused-ring (bicyclic) bond motifs is 8. The van der Waals surface area contributed by atoms with Crippen molar-refractivity contribution in [1.29, 1.82) is 0 Å². The smallest absolute Gasteiger partial charge is 0.00262 e. The monoisotopic (exact) mass is 606 g/mol. The van der Waals surface area contributed by atoms with Gasteiger partial charge in [-0.15, -0.1) is 0 Å². The summed E-state index contributed by atoms with van der Waals surface area (Å²) in [7, 11) is 0. The van der Waals surface area contributed by atoms with Crippen LogP contribution in [-0.4, -0.2) is 0 Å². The maximum Gasteiger partial charge on any atom is -0.00262 e. The van der Waals surface area contributed by atoms with Gasteiger partial charge in [-0.05, 0) is 110 Å².